The molecule has 0 bridgehead atoms. The van der Waals surface area contributed by atoms with E-state index in [0.717, 1.165) is 22.8 Å². The van der Waals surface area contributed by atoms with Crippen molar-refractivity contribution < 1.29 is 0 Å². The van der Waals surface area contributed by atoms with Gasteiger partial charge in [-0.05, 0) is 44.1 Å². The SMILES string of the molecule is CN1CCCC(N(C)c2cc(Cl)ccc2CCl)C1. The molecule has 4 heteroatoms. The number of hydrogen-bond donors (Lipinski definition) is 0. The van der Waals surface area contributed by atoms with Crippen molar-refractivity contribution in [1.82, 2.24) is 4.90 Å². The molecule has 1 saturated heterocycles. The van der Waals surface area contributed by atoms with E-state index in [1.807, 2.05) is 18.2 Å². The van der Waals surface area contributed by atoms with Crippen molar-refractivity contribution in [3.63, 3.8) is 0 Å². The molecule has 1 aliphatic heterocycles. The van der Waals surface area contributed by atoms with Crippen molar-refractivity contribution in [3.8, 4) is 0 Å². The monoisotopic (exact) mass is 286 g/mol. The molecule has 0 aromatic heterocycles. The predicted molar refractivity (Wildman–Crippen MR) is 79.9 cm³/mol. The number of anilines is 1. The van der Waals surface area contributed by atoms with E-state index in [9.17, 15) is 0 Å². The minimum atomic E-state index is 0.527. The van der Waals surface area contributed by atoms with Gasteiger partial charge in [0.1, 0.15) is 0 Å². The minimum absolute atomic E-state index is 0.527. The molecule has 1 fully saturated rings. The third-order valence-electron chi connectivity index (χ3n) is 3.72. The van der Waals surface area contributed by atoms with Gasteiger partial charge < -0.3 is 9.80 Å². The summed E-state index contributed by atoms with van der Waals surface area (Å²) in [5.74, 6) is 0.527. The molecule has 1 unspecified atom stereocenters. The molecule has 1 aromatic rings. The molecule has 18 heavy (non-hydrogen) atoms. The molecule has 2 nitrogen and oxygen atoms in total. The van der Waals surface area contributed by atoms with Crippen molar-refractivity contribution >= 4 is 28.9 Å². The van der Waals surface area contributed by atoms with Crippen LogP contribution in [0.5, 0.6) is 0 Å². The average molecular weight is 287 g/mol. The Morgan fingerprint density at radius 2 is 2.22 bits per heavy atom. The highest BCUT2D eigenvalue weighted by atomic mass is 35.5. The van der Waals surface area contributed by atoms with Gasteiger partial charge in [0.2, 0.25) is 0 Å². The van der Waals surface area contributed by atoms with Crippen molar-refractivity contribution in [2.45, 2.75) is 24.8 Å². The van der Waals surface area contributed by atoms with E-state index in [4.69, 9.17) is 23.2 Å². The molecule has 0 N–H and O–H groups in total. The minimum Gasteiger partial charge on any atom is -0.370 e. The van der Waals surface area contributed by atoms with Crippen LogP contribution in [0.25, 0.3) is 0 Å². The first-order valence-electron chi connectivity index (χ1n) is 6.37. The molecule has 1 aromatic carbocycles. The maximum atomic E-state index is 6.11. The Labute approximate surface area is 119 Å². The molecule has 0 aliphatic carbocycles. The summed E-state index contributed by atoms with van der Waals surface area (Å²) >= 11 is 12.1. The molecule has 0 spiro atoms. The Kier molecular flexibility index (Phi) is 4.77. The van der Waals surface area contributed by atoms with E-state index in [0.29, 0.717) is 11.9 Å². The van der Waals surface area contributed by atoms with Crippen LogP contribution in [0, 0.1) is 0 Å². The number of alkyl halides is 1. The Balaban J connectivity index is 2.21. The molecular formula is C14H20Cl2N2. The summed E-state index contributed by atoms with van der Waals surface area (Å²) in [7, 11) is 4.33. The second-order valence-electron chi connectivity index (χ2n) is 5.08. The second kappa shape index (κ2) is 6.14. The highest BCUT2D eigenvalue weighted by Crippen LogP contribution is 2.28. The van der Waals surface area contributed by atoms with Gasteiger partial charge in [-0.1, -0.05) is 17.7 Å². The number of halogens is 2. The maximum absolute atomic E-state index is 6.11. The van der Waals surface area contributed by atoms with Crippen molar-refractivity contribution in [2.24, 2.45) is 0 Å². The first-order valence-corrected chi connectivity index (χ1v) is 7.29. The van der Waals surface area contributed by atoms with Gasteiger partial charge in [0.05, 0.1) is 0 Å². The van der Waals surface area contributed by atoms with Gasteiger partial charge in [-0.25, -0.2) is 0 Å². The van der Waals surface area contributed by atoms with Crippen molar-refractivity contribution in [2.75, 3.05) is 32.1 Å². The fourth-order valence-electron chi connectivity index (χ4n) is 2.63. The lowest BCUT2D eigenvalue weighted by atomic mass is 10.0. The molecule has 0 saturated carbocycles. The summed E-state index contributed by atoms with van der Waals surface area (Å²) in [6.07, 6.45) is 2.48. The van der Waals surface area contributed by atoms with Gasteiger partial charge in [0.15, 0.2) is 0 Å². The molecule has 0 radical (unpaired) electrons. The van der Waals surface area contributed by atoms with Crippen molar-refractivity contribution in [1.29, 1.82) is 0 Å². The lowest BCUT2D eigenvalue weighted by Gasteiger charge is -2.38. The Morgan fingerprint density at radius 1 is 1.44 bits per heavy atom. The highest BCUT2D eigenvalue weighted by Gasteiger charge is 2.22. The fraction of sp³-hybridized carbons (Fsp3) is 0.571. The van der Waals surface area contributed by atoms with Crippen LogP contribution in [0.15, 0.2) is 18.2 Å². The Bertz CT molecular complexity index is 409. The van der Waals surface area contributed by atoms with Gasteiger partial charge >= 0.3 is 0 Å². The molecule has 100 valence electrons. The van der Waals surface area contributed by atoms with E-state index in [-0.39, 0.29) is 0 Å². The highest BCUT2D eigenvalue weighted by molar-refractivity contribution is 6.31. The smallest absolute Gasteiger partial charge is 0.0494 e. The van der Waals surface area contributed by atoms with E-state index in [1.165, 1.54) is 19.4 Å². The quantitative estimate of drug-likeness (QED) is 0.784. The maximum Gasteiger partial charge on any atom is 0.0494 e. The summed E-state index contributed by atoms with van der Waals surface area (Å²) < 4.78 is 0. The van der Waals surface area contributed by atoms with Crippen LogP contribution in [-0.4, -0.2) is 38.1 Å². The average Bonchev–Trinajstić information content (AvgIpc) is 2.38. The van der Waals surface area contributed by atoms with Crippen molar-refractivity contribution in [3.05, 3.63) is 28.8 Å². The lowest BCUT2D eigenvalue weighted by molar-refractivity contribution is 0.248. The molecular weight excluding hydrogens is 267 g/mol. The number of nitrogens with zero attached hydrogens (tertiary/aromatic N) is 2. The number of benzene rings is 1. The van der Waals surface area contributed by atoms with Gasteiger partial charge in [0.25, 0.3) is 0 Å². The number of likely N-dealkylation sites (N-methyl/N-ethyl adjacent to an activating group) is 2. The normalized spacial score (nSPS) is 21.0. The number of rotatable bonds is 3. The summed E-state index contributed by atoms with van der Waals surface area (Å²) in [4.78, 5) is 4.72. The van der Waals surface area contributed by atoms with E-state index < -0.39 is 0 Å². The summed E-state index contributed by atoms with van der Waals surface area (Å²) in [5.41, 5.74) is 2.31. The van der Waals surface area contributed by atoms with Crippen LogP contribution >= 0.6 is 23.2 Å². The third kappa shape index (κ3) is 3.11. The molecule has 2 rings (SSSR count). The number of piperidine rings is 1. The molecule has 1 heterocycles. The lowest BCUT2D eigenvalue weighted by Crippen LogP contribution is -2.45. The van der Waals surface area contributed by atoms with Gasteiger partial charge in [0, 0.05) is 36.2 Å². The van der Waals surface area contributed by atoms with Crippen LogP contribution in [0.1, 0.15) is 18.4 Å². The van der Waals surface area contributed by atoms with Gasteiger partial charge in [-0.15, -0.1) is 11.6 Å². The number of likely N-dealkylation sites (tertiary alicyclic amines) is 1. The zero-order valence-electron chi connectivity index (χ0n) is 11.0. The molecule has 0 amide bonds. The standard InChI is InChI=1S/C14H20Cl2N2/c1-17-7-3-4-13(10-17)18(2)14-8-12(16)6-5-11(14)9-15/h5-6,8,13H,3-4,7,9-10H2,1-2H3. The van der Waals surface area contributed by atoms with Crippen LogP contribution in [0.2, 0.25) is 5.02 Å². The van der Waals surface area contributed by atoms with Crippen LogP contribution in [-0.2, 0) is 5.88 Å². The first kappa shape index (κ1) is 14.0. The van der Waals surface area contributed by atoms with Crippen LogP contribution in [0.3, 0.4) is 0 Å². The van der Waals surface area contributed by atoms with Gasteiger partial charge in [-0.2, -0.15) is 0 Å². The zero-order valence-corrected chi connectivity index (χ0v) is 12.5. The summed E-state index contributed by atoms with van der Waals surface area (Å²) in [5, 5.41) is 0.773. The van der Waals surface area contributed by atoms with E-state index in [1.54, 1.807) is 0 Å². The molecule has 1 atom stereocenters. The first-order chi connectivity index (χ1) is 8.61. The third-order valence-corrected chi connectivity index (χ3v) is 4.24. The zero-order chi connectivity index (χ0) is 13.1. The Hall–Kier alpha value is -0.440. The predicted octanol–water partition coefficient (Wildman–Crippen LogP) is 3.61. The molecule has 1 aliphatic rings. The second-order valence-corrected chi connectivity index (χ2v) is 5.78. The largest absolute Gasteiger partial charge is 0.370 e. The Morgan fingerprint density at radius 3 is 2.89 bits per heavy atom. The van der Waals surface area contributed by atoms with Gasteiger partial charge in [-0.3, -0.25) is 0 Å². The fourth-order valence-corrected chi connectivity index (χ4v) is 3.02. The number of hydrogen-bond acceptors (Lipinski definition) is 2. The summed E-state index contributed by atoms with van der Waals surface area (Å²) in [6, 6.07) is 6.50. The van der Waals surface area contributed by atoms with Crippen LogP contribution < -0.4 is 4.90 Å². The topological polar surface area (TPSA) is 6.48 Å². The van der Waals surface area contributed by atoms with E-state index in [2.05, 4.69) is 23.9 Å². The van der Waals surface area contributed by atoms with Crippen LogP contribution in [0.4, 0.5) is 5.69 Å². The summed E-state index contributed by atoms with van der Waals surface area (Å²) in [6.45, 7) is 2.30. The van der Waals surface area contributed by atoms with E-state index >= 15 is 0 Å².